The van der Waals surface area contributed by atoms with Gasteiger partial charge in [-0.25, -0.2) is 8.78 Å². The molecule has 1 N–H and O–H groups in total. The Balaban J connectivity index is 1.84. The van der Waals surface area contributed by atoms with Crippen molar-refractivity contribution in [3.8, 4) is 0 Å². The molecule has 0 atom stereocenters. The Morgan fingerprint density at radius 2 is 1.90 bits per heavy atom. The van der Waals surface area contributed by atoms with Gasteiger partial charge in [0.15, 0.2) is 11.6 Å². The maximum Gasteiger partial charge on any atom is 0.275 e. The van der Waals surface area contributed by atoms with E-state index in [1.54, 1.807) is 0 Å². The summed E-state index contributed by atoms with van der Waals surface area (Å²) in [5.41, 5.74) is -0.911. The molecule has 1 heterocycles. The van der Waals surface area contributed by atoms with Gasteiger partial charge in [0, 0.05) is 19.6 Å². The van der Waals surface area contributed by atoms with Gasteiger partial charge in [-0.3, -0.25) is 15.0 Å². The fourth-order valence-corrected chi connectivity index (χ4v) is 2.17. The molecule has 6 nitrogen and oxygen atoms in total. The Hall–Kier alpha value is -1.80. The van der Waals surface area contributed by atoms with Crippen molar-refractivity contribution < 1.29 is 18.4 Å². The van der Waals surface area contributed by atoms with E-state index in [-0.39, 0.29) is 5.69 Å². The van der Waals surface area contributed by atoms with Crippen LogP contribution in [-0.4, -0.2) is 49.2 Å². The van der Waals surface area contributed by atoms with Crippen LogP contribution in [0.4, 0.5) is 20.2 Å². The summed E-state index contributed by atoms with van der Waals surface area (Å²) in [4.78, 5) is 11.9. The van der Waals surface area contributed by atoms with Crippen LogP contribution in [0, 0.1) is 21.7 Å². The van der Waals surface area contributed by atoms with Crippen LogP contribution < -0.4 is 5.32 Å². The fourth-order valence-electron chi connectivity index (χ4n) is 2.17. The van der Waals surface area contributed by atoms with Crippen molar-refractivity contribution in [1.29, 1.82) is 0 Å². The first-order chi connectivity index (χ1) is 10.1. The third-order valence-electron chi connectivity index (χ3n) is 3.29. The lowest BCUT2D eigenvalue weighted by Gasteiger charge is -2.26. The second-order valence-electron chi connectivity index (χ2n) is 4.78. The Morgan fingerprint density at radius 3 is 2.48 bits per heavy atom. The highest BCUT2D eigenvalue weighted by Crippen LogP contribution is 2.24. The highest BCUT2D eigenvalue weighted by atomic mass is 19.1. The quantitative estimate of drug-likeness (QED) is 0.494. The molecule has 2 rings (SSSR count). The average molecular weight is 301 g/mol. The van der Waals surface area contributed by atoms with Gasteiger partial charge < -0.3 is 10.1 Å². The maximum absolute atomic E-state index is 13.6. The van der Waals surface area contributed by atoms with Crippen molar-refractivity contribution in [3.05, 3.63) is 33.9 Å². The van der Waals surface area contributed by atoms with E-state index in [4.69, 9.17) is 4.74 Å². The summed E-state index contributed by atoms with van der Waals surface area (Å²) >= 11 is 0. The number of morpholine rings is 1. The number of non-ortho nitro benzene ring substituents is 1. The first kappa shape index (κ1) is 15.6. The molecule has 1 fully saturated rings. The molecule has 0 unspecified atom stereocenters. The third kappa shape index (κ3) is 4.33. The molecule has 8 heteroatoms. The molecular weight excluding hydrogens is 284 g/mol. The van der Waals surface area contributed by atoms with Crippen LogP contribution in [0.25, 0.3) is 0 Å². The topological polar surface area (TPSA) is 67.6 Å². The number of benzene rings is 1. The number of halogens is 2. The smallest absolute Gasteiger partial charge is 0.275 e. The maximum atomic E-state index is 13.6. The minimum Gasteiger partial charge on any atom is -0.380 e. The van der Waals surface area contributed by atoms with Crippen LogP contribution in [0.15, 0.2) is 12.1 Å². The van der Waals surface area contributed by atoms with Crippen LogP contribution in [0.1, 0.15) is 6.42 Å². The molecule has 0 aromatic heterocycles. The standard InChI is InChI=1S/C13H17F2N3O3/c14-11-8-10(18(19)20)9-12(15)13(11)16-2-1-3-17-4-6-21-7-5-17/h8-9,16H,1-7H2. The lowest BCUT2D eigenvalue weighted by Crippen LogP contribution is -2.37. The molecule has 0 aliphatic carbocycles. The monoisotopic (exact) mass is 301 g/mol. The molecule has 0 saturated carbocycles. The van der Waals surface area contributed by atoms with Crippen LogP contribution in [-0.2, 0) is 4.74 Å². The van der Waals surface area contributed by atoms with E-state index in [1.165, 1.54) is 0 Å². The predicted molar refractivity (Wildman–Crippen MR) is 73.4 cm³/mol. The summed E-state index contributed by atoms with van der Waals surface area (Å²) in [6, 6.07) is 1.43. The summed E-state index contributed by atoms with van der Waals surface area (Å²) in [5.74, 6) is -1.90. The summed E-state index contributed by atoms with van der Waals surface area (Å²) in [6.45, 7) is 4.34. The van der Waals surface area contributed by atoms with Crippen LogP contribution in [0.2, 0.25) is 0 Å². The third-order valence-corrected chi connectivity index (χ3v) is 3.29. The van der Waals surface area contributed by atoms with E-state index in [9.17, 15) is 18.9 Å². The van der Waals surface area contributed by atoms with E-state index in [0.29, 0.717) is 31.9 Å². The predicted octanol–water partition coefficient (Wildman–Crippen LogP) is 2.01. The van der Waals surface area contributed by atoms with Gasteiger partial charge in [-0.1, -0.05) is 0 Å². The summed E-state index contributed by atoms with van der Waals surface area (Å²) in [6.07, 6.45) is 0.718. The van der Waals surface area contributed by atoms with Crippen molar-refractivity contribution in [2.75, 3.05) is 44.7 Å². The molecule has 0 bridgehead atoms. The molecule has 0 amide bonds. The summed E-state index contributed by atoms with van der Waals surface area (Å²) < 4.78 is 32.5. The number of nitrogens with zero attached hydrogens (tertiary/aromatic N) is 2. The number of nitro benzene ring substituents is 1. The molecular formula is C13H17F2N3O3. The van der Waals surface area contributed by atoms with Gasteiger partial charge in [-0.2, -0.15) is 0 Å². The number of ether oxygens (including phenoxy) is 1. The van der Waals surface area contributed by atoms with Crippen molar-refractivity contribution >= 4 is 11.4 Å². The minimum atomic E-state index is -0.951. The van der Waals surface area contributed by atoms with Crippen LogP contribution in [0.3, 0.4) is 0 Å². The minimum absolute atomic E-state index is 0.317. The van der Waals surface area contributed by atoms with E-state index in [2.05, 4.69) is 10.2 Å². The Kier molecular flexibility index (Phi) is 5.40. The largest absolute Gasteiger partial charge is 0.380 e. The molecule has 1 aliphatic rings. The van der Waals surface area contributed by atoms with Gasteiger partial charge in [0.2, 0.25) is 0 Å². The SMILES string of the molecule is O=[N+]([O-])c1cc(F)c(NCCCN2CCOCC2)c(F)c1. The van der Waals surface area contributed by atoms with Crippen LogP contribution in [0.5, 0.6) is 0 Å². The highest BCUT2D eigenvalue weighted by Gasteiger charge is 2.16. The lowest BCUT2D eigenvalue weighted by molar-refractivity contribution is -0.385. The van der Waals surface area contributed by atoms with Gasteiger partial charge in [0.1, 0.15) is 5.69 Å². The van der Waals surface area contributed by atoms with Gasteiger partial charge in [0.25, 0.3) is 5.69 Å². The molecule has 1 aromatic carbocycles. The first-order valence-electron chi connectivity index (χ1n) is 6.75. The number of hydrogen-bond acceptors (Lipinski definition) is 5. The number of hydrogen-bond donors (Lipinski definition) is 1. The molecule has 0 spiro atoms. The number of nitrogens with one attached hydrogen (secondary N) is 1. The molecule has 0 radical (unpaired) electrons. The molecule has 1 aliphatic heterocycles. The van der Waals surface area contributed by atoms with Gasteiger partial charge in [-0.05, 0) is 13.0 Å². The second-order valence-corrected chi connectivity index (χ2v) is 4.78. The van der Waals surface area contributed by atoms with Crippen molar-refractivity contribution in [2.45, 2.75) is 6.42 Å². The Bertz CT molecular complexity index is 484. The number of anilines is 1. The van der Waals surface area contributed by atoms with Crippen LogP contribution >= 0.6 is 0 Å². The fraction of sp³-hybridized carbons (Fsp3) is 0.538. The van der Waals surface area contributed by atoms with E-state index < -0.39 is 22.2 Å². The molecule has 116 valence electrons. The summed E-state index contributed by atoms with van der Waals surface area (Å²) in [7, 11) is 0. The molecule has 1 aromatic rings. The van der Waals surface area contributed by atoms with Gasteiger partial charge in [0.05, 0.1) is 30.3 Å². The Labute approximate surface area is 120 Å². The normalized spacial score (nSPS) is 15.9. The zero-order chi connectivity index (χ0) is 15.2. The van der Waals surface area contributed by atoms with Crippen molar-refractivity contribution in [1.82, 2.24) is 4.90 Å². The first-order valence-corrected chi connectivity index (χ1v) is 6.75. The van der Waals surface area contributed by atoms with E-state index in [0.717, 1.165) is 26.1 Å². The number of rotatable bonds is 6. The van der Waals surface area contributed by atoms with Crippen molar-refractivity contribution in [2.24, 2.45) is 0 Å². The summed E-state index contributed by atoms with van der Waals surface area (Å²) in [5, 5.41) is 13.1. The zero-order valence-electron chi connectivity index (χ0n) is 11.5. The zero-order valence-corrected chi connectivity index (χ0v) is 11.5. The van der Waals surface area contributed by atoms with E-state index >= 15 is 0 Å². The Morgan fingerprint density at radius 1 is 1.29 bits per heavy atom. The van der Waals surface area contributed by atoms with Gasteiger partial charge >= 0.3 is 0 Å². The lowest BCUT2D eigenvalue weighted by atomic mass is 10.2. The van der Waals surface area contributed by atoms with E-state index in [1.807, 2.05) is 0 Å². The number of nitro groups is 1. The van der Waals surface area contributed by atoms with Crippen molar-refractivity contribution in [3.63, 3.8) is 0 Å². The second kappa shape index (κ2) is 7.28. The highest BCUT2D eigenvalue weighted by molar-refractivity contribution is 5.51. The molecule has 21 heavy (non-hydrogen) atoms. The average Bonchev–Trinajstić information content (AvgIpc) is 2.46. The molecule has 1 saturated heterocycles. The van der Waals surface area contributed by atoms with Gasteiger partial charge in [-0.15, -0.1) is 0 Å².